The lowest BCUT2D eigenvalue weighted by Gasteiger charge is -2.10. The molecule has 0 spiro atoms. The number of ether oxygens (including phenoxy) is 1. The molecule has 2 rings (SSSR count). The molecule has 0 saturated carbocycles. The summed E-state index contributed by atoms with van der Waals surface area (Å²) in [6, 6.07) is 10.2. The Bertz CT molecular complexity index is 557. The molecular formula is C13H9BrClFO. The summed E-state index contributed by atoms with van der Waals surface area (Å²) in [6.07, 6.45) is 0. The Balaban J connectivity index is 2.67. The molecule has 0 atom stereocenters. The second kappa shape index (κ2) is 5.07. The summed E-state index contributed by atoms with van der Waals surface area (Å²) in [7, 11) is 1.54. The van der Waals surface area contributed by atoms with E-state index in [1.54, 1.807) is 43.5 Å². The van der Waals surface area contributed by atoms with E-state index in [2.05, 4.69) is 15.9 Å². The van der Waals surface area contributed by atoms with Gasteiger partial charge in [-0.05, 0) is 40.2 Å². The van der Waals surface area contributed by atoms with Crippen molar-refractivity contribution < 1.29 is 9.13 Å². The summed E-state index contributed by atoms with van der Waals surface area (Å²) < 4.78 is 19.6. The number of rotatable bonds is 2. The fraction of sp³-hybridized carbons (Fsp3) is 0.0769. The highest BCUT2D eigenvalue weighted by Crippen LogP contribution is 2.35. The Labute approximate surface area is 112 Å². The molecule has 0 aromatic heterocycles. The summed E-state index contributed by atoms with van der Waals surface area (Å²) in [6.45, 7) is 0. The lowest BCUT2D eigenvalue weighted by atomic mass is 10.0. The molecule has 0 amide bonds. The smallest absolute Gasteiger partial charge is 0.145 e. The van der Waals surface area contributed by atoms with Gasteiger partial charge in [0, 0.05) is 16.1 Å². The maximum atomic E-state index is 14.0. The third kappa shape index (κ3) is 2.45. The van der Waals surface area contributed by atoms with Gasteiger partial charge in [-0.3, -0.25) is 0 Å². The molecule has 2 aromatic carbocycles. The van der Waals surface area contributed by atoms with Crippen LogP contribution < -0.4 is 4.74 Å². The van der Waals surface area contributed by atoms with Crippen LogP contribution >= 0.6 is 27.5 Å². The minimum Gasteiger partial charge on any atom is -0.496 e. The average Bonchev–Trinajstić information content (AvgIpc) is 2.33. The second-order valence-electron chi connectivity index (χ2n) is 3.45. The molecule has 17 heavy (non-hydrogen) atoms. The molecule has 0 aliphatic carbocycles. The zero-order valence-corrected chi connectivity index (χ0v) is 11.3. The number of hydrogen-bond donors (Lipinski definition) is 0. The molecule has 0 radical (unpaired) electrons. The minimum absolute atomic E-state index is 0.326. The van der Waals surface area contributed by atoms with E-state index in [0.29, 0.717) is 26.4 Å². The van der Waals surface area contributed by atoms with Crippen molar-refractivity contribution in [3.63, 3.8) is 0 Å². The Kier molecular flexibility index (Phi) is 3.69. The van der Waals surface area contributed by atoms with Gasteiger partial charge in [0.1, 0.15) is 11.6 Å². The van der Waals surface area contributed by atoms with E-state index in [0.717, 1.165) is 0 Å². The molecule has 1 nitrogen and oxygen atoms in total. The summed E-state index contributed by atoms with van der Waals surface area (Å²) in [4.78, 5) is 0. The van der Waals surface area contributed by atoms with Gasteiger partial charge in [0.15, 0.2) is 0 Å². The van der Waals surface area contributed by atoms with E-state index >= 15 is 0 Å². The molecule has 0 heterocycles. The first-order chi connectivity index (χ1) is 8.13. The van der Waals surface area contributed by atoms with Crippen LogP contribution in [0, 0.1) is 5.82 Å². The highest BCUT2D eigenvalue weighted by molar-refractivity contribution is 9.10. The quantitative estimate of drug-likeness (QED) is 0.764. The van der Waals surface area contributed by atoms with Crippen LogP contribution in [0.2, 0.25) is 5.02 Å². The maximum Gasteiger partial charge on any atom is 0.145 e. The SMILES string of the molecule is COc1ccc(Cl)cc1-c1cccc(Br)c1F. The van der Waals surface area contributed by atoms with Crippen molar-refractivity contribution in [3.8, 4) is 16.9 Å². The molecular weight excluding hydrogens is 306 g/mol. The van der Waals surface area contributed by atoms with Gasteiger partial charge in [0.2, 0.25) is 0 Å². The minimum atomic E-state index is -0.326. The molecule has 0 fully saturated rings. The van der Waals surface area contributed by atoms with E-state index < -0.39 is 0 Å². The fourth-order valence-electron chi connectivity index (χ4n) is 1.60. The van der Waals surface area contributed by atoms with Crippen molar-refractivity contribution in [2.45, 2.75) is 0 Å². The van der Waals surface area contributed by atoms with Gasteiger partial charge in [0.25, 0.3) is 0 Å². The van der Waals surface area contributed by atoms with Gasteiger partial charge < -0.3 is 4.74 Å². The summed E-state index contributed by atoms with van der Waals surface area (Å²) in [5.41, 5.74) is 1.09. The highest BCUT2D eigenvalue weighted by atomic mass is 79.9. The van der Waals surface area contributed by atoms with Crippen LogP contribution in [0.3, 0.4) is 0 Å². The van der Waals surface area contributed by atoms with E-state index in [9.17, 15) is 4.39 Å². The van der Waals surface area contributed by atoms with E-state index in [1.165, 1.54) is 0 Å². The first-order valence-electron chi connectivity index (χ1n) is 4.91. The van der Waals surface area contributed by atoms with Gasteiger partial charge in [-0.1, -0.05) is 23.7 Å². The molecule has 0 aliphatic rings. The van der Waals surface area contributed by atoms with Crippen LogP contribution in [0.1, 0.15) is 0 Å². The first-order valence-corrected chi connectivity index (χ1v) is 6.08. The predicted octanol–water partition coefficient (Wildman–Crippen LogP) is 4.92. The fourth-order valence-corrected chi connectivity index (χ4v) is 2.14. The lowest BCUT2D eigenvalue weighted by molar-refractivity contribution is 0.416. The summed E-state index contributed by atoms with van der Waals surface area (Å²) in [5.74, 6) is 0.263. The zero-order chi connectivity index (χ0) is 12.4. The molecule has 0 saturated heterocycles. The largest absolute Gasteiger partial charge is 0.496 e. The number of halogens is 3. The molecule has 0 unspecified atom stereocenters. The number of hydrogen-bond acceptors (Lipinski definition) is 1. The normalized spacial score (nSPS) is 10.4. The number of methoxy groups -OCH3 is 1. The molecule has 0 bridgehead atoms. The zero-order valence-electron chi connectivity index (χ0n) is 9.01. The van der Waals surface area contributed by atoms with Gasteiger partial charge in [-0.2, -0.15) is 0 Å². The number of benzene rings is 2. The first kappa shape index (κ1) is 12.4. The third-order valence-corrected chi connectivity index (χ3v) is 3.25. The van der Waals surface area contributed by atoms with Crippen molar-refractivity contribution in [3.05, 3.63) is 51.7 Å². The molecule has 4 heteroatoms. The van der Waals surface area contributed by atoms with Gasteiger partial charge in [-0.25, -0.2) is 4.39 Å². The van der Waals surface area contributed by atoms with Gasteiger partial charge in [0.05, 0.1) is 11.6 Å². The van der Waals surface area contributed by atoms with Crippen molar-refractivity contribution in [2.75, 3.05) is 7.11 Å². The van der Waals surface area contributed by atoms with Gasteiger partial charge in [-0.15, -0.1) is 0 Å². The van der Waals surface area contributed by atoms with E-state index in [-0.39, 0.29) is 5.82 Å². The summed E-state index contributed by atoms with van der Waals surface area (Å²) in [5, 5.41) is 0.542. The Hall–Kier alpha value is -1.06. The van der Waals surface area contributed by atoms with Crippen LogP contribution in [0.15, 0.2) is 40.9 Å². The van der Waals surface area contributed by atoms with E-state index in [4.69, 9.17) is 16.3 Å². The molecule has 0 N–H and O–H groups in total. The van der Waals surface area contributed by atoms with Crippen LogP contribution in [0.5, 0.6) is 5.75 Å². The standard InChI is InChI=1S/C13H9BrClFO/c1-17-12-6-5-8(15)7-10(12)9-3-2-4-11(14)13(9)16/h2-7H,1H3. The van der Waals surface area contributed by atoms with Crippen LogP contribution in [0.25, 0.3) is 11.1 Å². The summed E-state index contributed by atoms with van der Waals surface area (Å²) >= 11 is 9.09. The van der Waals surface area contributed by atoms with Crippen LogP contribution in [-0.2, 0) is 0 Å². The van der Waals surface area contributed by atoms with Crippen molar-refractivity contribution in [1.29, 1.82) is 0 Å². The second-order valence-corrected chi connectivity index (χ2v) is 4.74. The Morgan fingerprint density at radius 3 is 2.65 bits per heavy atom. The topological polar surface area (TPSA) is 9.23 Å². The Morgan fingerprint density at radius 2 is 1.94 bits per heavy atom. The molecule has 0 aliphatic heterocycles. The van der Waals surface area contributed by atoms with Gasteiger partial charge >= 0.3 is 0 Å². The van der Waals surface area contributed by atoms with Crippen LogP contribution in [-0.4, -0.2) is 7.11 Å². The van der Waals surface area contributed by atoms with Crippen molar-refractivity contribution in [1.82, 2.24) is 0 Å². The third-order valence-electron chi connectivity index (χ3n) is 2.40. The van der Waals surface area contributed by atoms with Crippen molar-refractivity contribution in [2.24, 2.45) is 0 Å². The van der Waals surface area contributed by atoms with E-state index in [1.807, 2.05) is 0 Å². The Morgan fingerprint density at radius 1 is 1.18 bits per heavy atom. The lowest BCUT2D eigenvalue weighted by Crippen LogP contribution is -1.91. The predicted molar refractivity (Wildman–Crippen MR) is 71.1 cm³/mol. The van der Waals surface area contributed by atoms with Crippen molar-refractivity contribution >= 4 is 27.5 Å². The average molecular weight is 316 g/mol. The maximum absolute atomic E-state index is 14.0. The highest BCUT2D eigenvalue weighted by Gasteiger charge is 2.12. The molecule has 88 valence electrons. The molecule has 2 aromatic rings. The van der Waals surface area contributed by atoms with Crippen LogP contribution in [0.4, 0.5) is 4.39 Å². The monoisotopic (exact) mass is 314 g/mol.